The monoisotopic (exact) mass is 360 g/mol. The van der Waals surface area contributed by atoms with Gasteiger partial charge in [0, 0.05) is 20.1 Å². The summed E-state index contributed by atoms with van der Waals surface area (Å²) in [5.74, 6) is -1.84. The number of alkyl halides is 3. The Morgan fingerprint density at radius 3 is 2.48 bits per heavy atom. The highest BCUT2D eigenvalue weighted by atomic mass is 19.4. The Hall–Kier alpha value is -2.12. The van der Waals surface area contributed by atoms with Crippen LogP contribution >= 0.6 is 0 Å². The van der Waals surface area contributed by atoms with Gasteiger partial charge in [-0.1, -0.05) is 12.1 Å². The molecule has 25 heavy (non-hydrogen) atoms. The first-order chi connectivity index (χ1) is 11.7. The molecule has 0 aromatic heterocycles. The molecule has 1 aliphatic rings. The average Bonchev–Trinajstić information content (AvgIpc) is 2.54. The second-order valence-electron chi connectivity index (χ2n) is 6.29. The number of nitrogens with zero attached hydrogens (tertiary/aromatic N) is 2. The summed E-state index contributed by atoms with van der Waals surface area (Å²) in [6.07, 6.45) is -3.36. The molecule has 1 aliphatic heterocycles. The number of rotatable bonds is 4. The molecule has 2 amide bonds. The fourth-order valence-electron chi connectivity index (χ4n) is 2.95. The van der Waals surface area contributed by atoms with E-state index in [0.29, 0.717) is 29.8 Å². The summed E-state index contributed by atoms with van der Waals surface area (Å²) in [5, 5.41) is 0. The van der Waals surface area contributed by atoms with E-state index in [1.807, 2.05) is 0 Å². The minimum absolute atomic E-state index is 0.0690. The summed E-state index contributed by atoms with van der Waals surface area (Å²) in [5.41, 5.74) is 0.647. The number of carbonyl (C=O) groups is 2. The van der Waals surface area contributed by atoms with Crippen LogP contribution in [0.3, 0.4) is 0 Å². The van der Waals surface area contributed by atoms with Crippen LogP contribution in [0.2, 0.25) is 0 Å². The SMILES string of the molecule is CN(CC(F)(F)F)C(=O)C1CCCN(C(=O)Cc2ccc(F)cc2)C1. The lowest BCUT2D eigenvalue weighted by atomic mass is 9.96. The molecule has 0 spiro atoms. The van der Waals surface area contributed by atoms with Gasteiger partial charge in [-0.15, -0.1) is 0 Å². The molecule has 0 aliphatic carbocycles. The van der Waals surface area contributed by atoms with E-state index in [9.17, 15) is 27.2 Å². The third-order valence-electron chi connectivity index (χ3n) is 4.18. The van der Waals surface area contributed by atoms with Crippen molar-refractivity contribution in [3.8, 4) is 0 Å². The van der Waals surface area contributed by atoms with Crippen LogP contribution in [0.5, 0.6) is 0 Å². The number of piperidine rings is 1. The third-order valence-corrected chi connectivity index (χ3v) is 4.18. The molecule has 1 aromatic rings. The lowest BCUT2D eigenvalue weighted by molar-refractivity contribution is -0.162. The van der Waals surface area contributed by atoms with Crippen molar-refractivity contribution < 1.29 is 27.2 Å². The molecule has 1 saturated heterocycles. The molecule has 1 atom stereocenters. The molecule has 1 heterocycles. The van der Waals surface area contributed by atoms with Crippen LogP contribution in [-0.4, -0.2) is 54.5 Å². The summed E-state index contributed by atoms with van der Waals surface area (Å²) in [6.45, 7) is -0.723. The van der Waals surface area contributed by atoms with Crippen molar-refractivity contribution in [2.75, 3.05) is 26.7 Å². The minimum Gasteiger partial charge on any atom is -0.342 e. The Labute approximate surface area is 143 Å². The molecule has 8 heteroatoms. The predicted octanol–water partition coefficient (Wildman–Crippen LogP) is 2.63. The number of likely N-dealkylation sites (tertiary alicyclic amines) is 1. The molecule has 0 N–H and O–H groups in total. The molecular formula is C17H20F4N2O2. The number of hydrogen-bond acceptors (Lipinski definition) is 2. The molecule has 0 saturated carbocycles. The second-order valence-corrected chi connectivity index (χ2v) is 6.29. The van der Waals surface area contributed by atoms with Gasteiger partial charge >= 0.3 is 6.18 Å². The van der Waals surface area contributed by atoms with Gasteiger partial charge in [0.25, 0.3) is 0 Å². The van der Waals surface area contributed by atoms with Gasteiger partial charge in [-0.3, -0.25) is 9.59 Å². The fraction of sp³-hybridized carbons (Fsp3) is 0.529. The van der Waals surface area contributed by atoms with Crippen LogP contribution in [0, 0.1) is 11.7 Å². The van der Waals surface area contributed by atoms with Crippen LogP contribution in [-0.2, 0) is 16.0 Å². The molecular weight excluding hydrogens is 340 g/mol. The van der Waals surface area contributed by atoms with E-state index in [0.717, 1.165) is 7.05 Å². The Morgan fingerprint density at radius 1 is 1.24 bits per heavy atom. The van der Waals surface area contributed by atoms with Crippen LogP contribution in [0.4, 0.5) is 17.6 Å². The summed E-state index contributed by atoms with van der Waals surface area (Å²) >= 11 is 0. The van der Waals surface area contributed by atoms with Gasteiger partial charge in [-0.2, -0.15) is 13.2 Å². The number of hydrogen-bond donors (Lipinski definition) is 0. The summed E-state index contributed by atoms with van der Waals surface area (Å²) < 4.78 is 50.2. The Balaban J connectivity index is 1.94. The first-order valence-corrected chi connectivity index (χ1v) is 7.99. The Morgan fingerprint density at radius 2 is 1.88 bits per heavy atom. The van der Waals surface area contributed by atoms with Crippen LogP contribution < -0.4 is 0 Å². The average molecular weight is 360 g/mol. The van der Waals surface area contributed by atoms with Gasteiger partial charge in [-0.25, -0.2) is 4.39 Å². The zero-order valence-electron chi connectivity index (χ0n) is 13.9. The van der Waals surface area contributed by atoms with Crippen LogP contribution in [0.1, 0.15) is 18.4 Å². The van der Waals surface area contributed by atoms with Crippen molar-refractivity contribution in [1.82, 2.24) is 9.80 Å². The van der Waals surface area contributed by atoms with E-state index in [1.165, 1.54) is 29.2 Å². The summed E-state index contributed by atoms with van der Waals surface area (Å²) in [6, 6.07) is 5.54. The predicted molar refractivity (Wildman–Crippen MR) is 83.1 cm³/mol. The molecule has 138 valence electrons. The van der Waals surface area contributed by atoms with E-state index in [-0.39, 0.29) is 18.9 Å². The molecule has 0 bridgehead atoms. The molecule has 0 radical (unpaired) electrons. The highest BCUT2D eigenvalue weighted by molar-refractivity contribution is 5.82. The maximum atomic E-state index is 12.9. The van der Waals surface area contributed by atoms with Gasteiger partial charge in [0.05, 0.1) is 12.3 Å². The van der Waals surface area contributed by atoms with Gasteiger partial charge in [0.15, 0.2) is 0 Å². The lowest BCUT2D eigenvalue weighted by Crippen LogP contribution is -2.47. The molecule has 1 fully saturated rings. The number of amides is 2. The minimum atomic E-state index is -4.45. The van der Waals surface area contributed by atoms with Crippen molar-refractivity contribution in [2.24, 2.45) is 5.92 Å². The number of carbonyl (C=O) groups excluding carboxylic acids is 2. The Kier molecular flexibility index (Phi) is 6.02. The molecule has 1 unspecified atom stereocenters. The van der Waals surface area contributed by atoms with Crippen molar-refractivity contribution in [2.45, 2.75) is 25.4 Å². The van der Waals surface area contributed by atoms with Gasteiger partial charge in [-0.05, 0) is 30.5 Å². The van der Waals surface area contributed by atoms with Gasteiger partial charge < -0.3 is 9.80 Å². The zero-order chi connectivity index (χ0) is 18.6. The van der Waals surface area contributed by atoms with Gasteiger partial charge in [0.2, 0.25) is 11.8 Å². The first-order valence-electron chi connectivity index (χ1n) is 7.99. The largest absolute Gasteiger partial charge is 0.406 e. The highest BCUT2D eigenvalue weighted by Gasteiger charge is 2.35. The normalized spacial score (nSPS) is 18.1. The quantitative estimate of drug-likeness (QED) is 0.775. The Bertz CT molecular complexity index is 616. The van der Waals surface area contributed by atoms with Crippen molar-refractivity contribution in [3.05, 3.63) is 35.6 Å². The van der Waals surface area contributed by atoms with E-state index >= 15 is 0 Å². The van der Waals surface area contributed by atoms with Crippen LogP contribution in [0.25, 0.3) is 0 Å². The van der Waals surface area contributed by atoms with E-state index in [4.69, 9.17) is 0 Å². The number of halogens is 4. The van der Waals surface area contributed by atoms with E-state index < -0.39 is 30.4 Å². The van der Waals surface area contributed by atoms with Gasteiger partial charge in [0.1, 0.15) is 12.4 Å². The van der Waals surface area contributed by atoms with E-state index in [1.54, 1.807) is 0 Å². The summed E-state index contributed by atoms with van der Waals surface area (Å²) in [7, 11) is 1.12. The fourth-order valence-corrected chi connectivity index (χ4v) is 2.95. The van der Waals surface area contributed by atoms with E-state index in [2.05, 4.69) is 0 Å². The molecule has 2 rings (SSSR count). The smallest absolute Gasteiger partial charge is 0.342 e. The molecule has 1 aromatic carbocycles. The standard InChI is InChI=1S/C17H20F4N2O2/c1-22(11-17(19,20)21)16(25)13-3-2-8-23(10-13)15(24)9-12-4-6-14(18)7-5-12/h4-7,13H,2-3,8-11H2,1H3. The maximum Gasteiger partial charge on any atom is 0.406 e. The van der Waals surface area contributed by atoms with Crippen molar-refractivity contribution >= 4 is 11.8 Å². The maximum absolute atomic E-state index is 12.9. The second kappa shape index (κ2) is 7.84. The van der Waals surface area contributed by atoms with Crippen LogP contribution in [0.15, 0.2) is 24.3 Å². The zero-order valence-corrected chi connectivity index (χ0v) is 13.9. The topological polar surface area (TPSA) is 40.6 Å². The highest BCUT2D eigenvalue weighted by Crippen LogP contribution is 2.22. The molecule has 4 nitrogen and oxygen atoms in total. The van der Waals surface area contributed by atoms with Crippen molar-refractivity contribution in [1.29, 1.82) is 0 Å². The number of benzene rings is 1. The summed E-state index contributed by atoms with van der Waals surface area (Å²) in [4.78, 5) is 26.7. The lowest BCUT2D eigenvalue weighted by Gasteiger charge is -2.34. The van der Waals surface area contributed by atoms with Crippen molar-refractivity contribution in [3.63, 3.8) is 0 Å². The third kappa shape index (κ3) is 5.72. The first kappa shape index (κ1) is 19.2.